The van der Waals surface area contributed by atoms with E-state index >= 15 is 0 Å². The number of fused-ring (bicyclic) bond motifs is 8. The van der Waals surface area contributed by atoms with Crippen molar-refractivity contribution in [2.45, 2.75) is 120 Å². The van der Waals surface area contributed by atoms with E-state index in [0.717, 1.165) is 179 Å². The van der Waals surface area contributed by atoms with Gasteiger partial charge in [0.15, 0.2) is 0 Å². The number of thiophene rings is 5. The summed E-state index contributed by atoms with van der Waals surface area (Å²) < 4.78 is 58.8. The lowest BCUT2D eigenvalue weighted by Crippen LogP contribution is -2.60. The summed E-state index contributed by atoms with van der Waals surface area (Å²) >= 11 is 6.39. The van der Waals surface area contributed by atoms with E-state index in [0.29, 0.717) is 116 Å². The molecule has 4 atom stereocenters. The van der Waals surface area contributed by atoms with Gasteiger partial charge in [-0.1, -0.05) is 90.3 Å². The van der Waals surface area contributed by atoms with E-state index in [2.05, 4.69) is 109 Å². The Morgan fingerprint density at radius 3 is 1.21 bits per heavy atom. The number of carbonyl (C=O) groups excluding carboxylic acids is 5. The Bertz CT molecular complexity index is 7760. The predicted molar refractivity (Wildman–Crippen MR) is 553 cm³/mol. The normalized spacial score (nSPS) is 16.1. The number of carbonyl (C=O) groups is 5. The van der Waals surface area contributed by atoms with Crippen molar-refractivity contribution < 1.29 is 45.9 Å². The number of hydrogen-bond donors (Lipinski definition) is 8. The number of terminal acetylenes is 1. The number of nitrogens with one attached hydrogen (secondary N) is 3. The van der Waals surface area contributed by atoms with Crippen molar-refractivity contribution in [3.05, 3.63) is 236 Å². The number of nitrogen functional groups attached to an aromatic ring is 5. The molecule has 5 fully saturated rings. The minimum Gasteiger partial charge on any atom is -0.433 e. The molecule has 0 spiro atoms. The van der Waals surface area contributed by atoms with Crippen molar-refractivity contribution in [2.75, 3.05) is 104 Å². The van der Waals surface area contributed by atoms with Gasteiger partial charge in [-0.2, -0.15) is 34.3 Å². The highest BCUT2D eigenvalue weighted by atomic mass is 32.2. The standard InChI is InChI=1S/C22H22N6OS.C22H21N5O3S2.C21H24N6OS.C18H18F2N4O2S.C17H18N4OS/c1-4-16-5-6-17(7-24-16)27-8-14-10-28(11-15(14)9-27)22(29)20-19(23)18-12(2)13(3)25-26-21(18)30-20;1-12-13(2)24-25-21-18(12)19(23)20(31-21)22(28)27-10-15(11-27)26-32(29,30)17-9-5-7-14-6-3-4-8-16(14)17;1-11-5-4-6-16(23-11)26-7-14-9-27(10-15(14)8-26)21(28)19-18(22)17-12(2)13(3)24-25-20(17)29-19;1-9-10(2)23-24-17-13(9)14(21)15(27-17)16(25)22-8-11-4-6-12(7-5-11)26-18(3,19)20;1-9-4-6-12(7-5-9)8-19-16(22)15-14(18)13-10(2)11(3)20-21-17(13)23-15/h1,5-7,14-15H,8-11,23H2,2-3H3;3-9,15,26H,10-11,23H2,1-2H3;4-6,14-15H,7-10,22H2,1-3H3;4-7H,8,21H2,1-3H3,(H,22,25);4-7H,8,18H2,1-3H3,(H,19,22). The van der Waals surface area contributed by atoms with E-state index in [-0.39, 0.29) is 65.9 Å². The Labute approximate surface area is 831 Å². The lowest BCUT2D eigenvalue weighted by atomic mass is 10.0. The lowest BCUT2D eigenvalue weighted by Gasteiger charge is -2.39. The van der Waals surface area contributed by atoms with Gasteiger partial charge in [-0.05, 0) is 170 Å². The van der Waals surface area contributed by atoms with E-state index < -0.39 is 16.1 Å². The van der Waals surface area contributed by atoms with Gasteiger partial charge in [-0.25, -0.2) is 23.1 Å². The van der Waals surface area contributed by atoms with Crippen LogP contribution in [-0.2, 0) is 23.1 Å². The van der Waals surface area contributed by atoms with Crippen molar-refractivity contribution in [2.24, 2.45) is 23.7 Å². The summed E-state index contributed by atoms with van der Waals surface area (Å²) in [5, 5.41) is 52.8. The van der Waals surface area contributed by atoms with Gasteiger partial charge >= 0.3 is 6.11 Å². The minimum absolute atomic E-state index is 0.00791. The number of amides is 5. The van der Waals surface area contributed by atoms with Crippen LogP contribution in [-0.4, -0.2) is 191 Å². The molecule has 5 saturated heterocycles. The van der Waals surface area contributed by atoms with E-state index in [1.807, 2.05) is 166 Å². The van der Waals surface area contributed by atoms with E-state index in [1.54, 1.807) is 35.2 Å². The number of likely N-dealkylation sites (tertiary alicyclic amines) is 3. The van der Waals surface area contributed by atoms with Gasteiger partial charge in [0.25, 0.3) is 29.5 Å². The van der Waals surface area contributed by atoms with Gasteiger partial charge in [-0.15, -0.1) is 88.6 Å². The van der Waals surface area contributed by atoms with Crippen molar-refractivity contribution >= 4 is 198 Å². The number of nitrogens with two attached hydrogens (primary N) is 5. The lowest BCUT2D eigenvalue weighted by molar-refractivity contribution is -0.159. The number of benzene rings is 4. The molecule has 0 aliphatic carbocycles. The molecule has 5 amide bonds. The summed E-state index contributed by atoms with van der Waals surface area (Å²) in [7, 11) is -3.73. The highest BCUT2D eigenvalue weighted by molar-refractivity contribution is 7.89. The molecular weight excluding hydrogens is 1910 g/mol. The zero-order valence-corrected chi connectivity index (χ0v) is 84.4. The van der Waals surface area contributed by atoms with Gasteiger partial charge in [0, 0.05) is 147 Å². The second kappa shape index (κ2) is 40.1. The third-order valence-corrected chi connectivity index (χ3v) is 33.4. The molecule has 17 heterocycles. The van der Waals surface area contributed by atoms with Crippen LogP contribution in [0.4, 0.5) is 48.7 Å². The molecule has 21 rings (SSSR count). The fraction of sp³-hybridized carbons (Fsp3) is 0.310. The molecule has 5 aliphatic rings. The number of nitrogens with zero attached hydrogens (tertiary/aromatic N) is 17. The molecule has 5 aliphatic heterocycles. The van der Waals surface area contributed by atoms with Gasteiger partial charge < -0.3 is 68.5 Å². The Balaban J connectivity index is 0.000000122. The Hall–Kier alpha value is -14.3. The van der Waals surface area contributed by atoms with Gasteiger partial charge in [0.05, 0.1) is 79.7 Å². The van der Waals surface area contributed by atoms with Crippen molar-refractivity contribution in [1.82, 2.24) is 91.0 Å². The van der Waals surface area contributed by atoms with Crippen LogP contribution < -0.4 is 58.6 Å². The number of ether oxygens (including phenoxy) is 1. The van der Waals surface area contributed by atoms with Crippen LogP contribution in [0, 0.1) is 119 Å². The summed E-state index contributed by atoms with van der Waals surface area (Å²) in [6, 6.07) is 36.3. The van der Waals surface area contributed by atoms with Crippen molar-refractivity contribution in [3.63, 3.8) is 0 Å². The van der Waals surface area contributed by atoms with Gasteiger partial charge in [0.2, 0.25) is 10.0 Å². The van der Waals surface area contributed by atoms with Crippen molar-refractivity contribution in [1.29, 1.82) is 0 Å². The number of rotatable bonds is 16. The molecule has 41 heteroatoms. The zero-order valence-electron chi connectivity index (χ0n) is 79.5. The molecule has 0 saturated carbocycles. The van der Waals surface area contributed by atoms with Crippen LogP contribution in [0.25, 0.3) is 61.9 Å². The predicted octanol–water partition coefficient (Wildman–Crippen LogP) is 15.1. The number of sulfonamides is 1. The average Bonchev–Trinajstić information content (AvgIpc) is 1.72. The molecule has 12 aromatic heterocycles. The van der Waals surface area contributed by atoms with Crippen LogP contribution in [0.1, 0.15) is 140 Å². The van der Waals surface area contributed by atoms with Crippen LogP contribution >= 0.6 is 56.7 Å². The molecule has 4 aromatic carbocycles. The minimum atomic E-state index is -3.73. The molecule has 16 aromatic rings. The van der Waals surface area contributed by atoms with Gasteiger partial charge in [-0.3, -0.25) is 24.0 Å². The van der Waals surface area contributed by atoms with E-state index in [1.165, 1.54) is 74.4 Å². The SMILES string of the molecule is C#Cc1ccc(N2CC3CN(C(=O)c4sc5nnc(C)c(C)c5c4N)CC3C2)cn1.Cc1ccc(CNC(=O)c2sc3nnc(C)c(C)c3c2N)cc1.Cc1cccc(N2CC3CN(C(=O)c4sc5nnc(C)c(C)c5c4N)CC3C2)n1.Cc1nnc2sc(C(=O)N3CC(NS(=O)(=O)c4cccc5ccccc45)C3)c(N)c2c1C.Cc1nnc2sc(C(=O)NCc3ccc(OC(C)(F)F)cc3)c(N)c2c1C. The van der Waals surface area contributed by atoms with Crippen LogP contribution in [0.3, 0.4) is 0 Å². The fourth-order valence-electron chi connectivity index (χ4n) is 18.1. The number of anilines is 7. The van der Waals surface area contributed by atoms with Gasteiger partial charge in [0.1, 0.15) is 65.8 Å². The first-order valence-corrected chi connectivity index (χ1v) is 50.9. The third kappa shape index (κ3) is 20.3. The number of hydrogen-bond acceptors (Lipinski definition) is 32. The highest BCUT2D eigenvalue weighted by Gasteiger charge is 2.46. The zero-order chi connectivity index (χ0) is 100. The third-order valence-electron chi connectivity index (χ3n) is 26.5. The number of aryl methyl sites for hydroxylation is 12. The fourth-order valence-corrected chi connectivity index (χ4v) is 24.8. The molecule has 13 N–H and O–H groups in total. The number of halogens is 2. The molecule has 726 valence electrons. The first-order chi connectivity index (χ1) is 67.3. The molecule has 0 radical (unpaired) electrons. The van der Waals surface area contributed by atoms with E-state index in [4.69, 9.17) is 35.1 Å². The topological polar surface area (TPSA) is 466 Å². The molecule has 0 bridgehead atoms. The Morgan fingerprint density at radius 2 is 0.816 bits per heavy atom. The van der Waals surface area contributed by atoms with Crippen molar-refractivity contribution in [3.8, 4) is 18.1 Å². The second-order valence-corrected chi connectivity index (χ2v) is 42.7. The number of pyridine rings is 2. The second-order valence-electron chi connectivity index (χ2n) is 36.0. The highest BCUT2D eigenvalue weighted by Crippen LogP contribution is 2.45. The first-order valence-electron chi connectivity index (χ1n) is 45.4. The maximum absolute atomic E-state index is 13.3. The van der Waals surface area contributed by atoms with E-state index in [9.17, 15) is 41.2 Å². The summed E-state index contributed by atoms with van der Waals surface area (Å²) in [5.41, 5.74) is 48.3. The average molecular weight is 2010 g/mol. The molecule has 33 nitrogen and oxygen atoms in total. The molecule has 4 unspecified atom stereocenters. The molecular formula is C100H103F2N25O8S6. The molecule has 141 heavy (non-hydrogen) atoms. The monoisotopic (exact) mass is 2010 g/mol. The number of alkyl halides is 2. The summed E-state index contributed by atoms with van der Waals surface area (Å²) in [6.07, 6.45) is 3.98. The maximum Gasteiger partial charge on any atom is 0.394 e. The summed E-state index contributed by atoms with van der Waals surface area (Å²) in [6.45, 7) is 31.8. The largest absolute Gasteiger partial charge is 0.433 e. The summed E-state index contributed by atoms with van der Waals surface area (Å²) in [5.74, 6) is 4.78. The number of aromatic nitrogens is 12. The van der Waals surface area contributed by atoms with Crippen LogP contribution in [0.2, 0.25) is 0 Å². The van der Waals surface area contributed by atoms with Crippen LogP contribution in [0.15, 0.2) is 132 Å². The van der Waals surface area contributed by atoms with Crippen LogP contribution in [0.5, 0.6) is 5.75 Å². The quantitative estimate of drug-likeness (QED) is 0.0416. The summed E-state index contributed by atoms with van der Waals surface area (Å²) in [4.78, 5) is 89.7. The Kier molecular flexibility index (Phi) is 28.0. The first kappa shape index (κ1) is 98.3. The smallest absolute Gasteiger partial charge is 0.394 e. The Morgan fingerprint density at radius 1 is 0.447 bits per heavy atom. The maximum atomic E-state index is 13.3.